The van der Waals surface area contributed by atoms with Gasteiger partial charge in [0.1, 0.15) is 10.4 Å². The summed E-state index contributed by atoms with van der Waals surface area (Å²) < 4.78 is 14.0. The summed E-state index contributed by atoms with van der Waals surface area (Å²) in [6.45, 7) is 1.86. The monoisotopic (exact) mass is 323 g/mol. The van der Waals surface area contributed by atoms with Crippen molar-refractivity contribution < 1.29 is 9.18 Å². The molecule has 0 fully saturated rings. The summed E-state index contributed by atoms with van der Waals surface area (Å²) in [5, 5.41) is 2.64. The summed E-state index contributed by atoms with van der Waals surface area (Å²) in [5.74, 6) is -1.03. The van der Waals surface area contributed by atoms with Crippen LogP contribution in [0.3, 0.4) is 0 Å². The molecular formula is C13H11BrFN3O. The number of hydrogen-bond acceptors (Lipinski definition) is 3. The maximum Gasteiger partial charge on any atom is 0.255 e. The lowest BCUT2D eigenvalue weighted by Gasteiger charge is -2.07. The van der Waals surface area contributed by atoms with Gasteiger partial charge in [-0.25, -0.2) is 9.37 Å². The average Bonchev–Trinajstić information content (AvgIpc) is 2.37. The quantitative estimate of drug-likeness (QED) is 0.659. The van der Waals surface area contributed by atoms with Gasteiger partial charge in [0.2, 0.25) is 0 Å². The molecule has 19 heavy (non-hydrogen) atoms. The molecule has 0 aliphatic heterocycles. The maximum atomic E-state index is 13.3. The third-order valence-electron chi connectivity index (χ3n) is 2.53. The van der Waals surface area contributed by atoms with E-state index in [1.54, 1.807) is 6.07 Å². The highest BCUT2D eigenvalue weighted by atomic mass is 79.9. The van der Waals surface area contributed by atoms with Crippen LogP contribution in [0.1, 0.15) is 15.9 Å². The maximum absolute atomic E-state index is 13.3. The molecule has 0 saturated carbocycles. The Morgan fingerprint density at radius 3 is 2.79 bits per heavy atom. The number of halogens is 2. The first-order valence-corrected chi connectivity index (χ1v) is 6.25. The van der Waals surface area contributed by atoms with Crippen molar-refractivity contribution in [2.24, 2.45) is 0 Å². The molecule has 6 heteroatoms. The second-order valence-electron chi connectivity index (χ2n) is 4.02. The Morgan fingerprint density at radius 1 is 1.42 bits per heavy atom. The van der Waals surface area contributed by atoms with Gasteiger partial charge in [-0.2, -0.15) is 0 Å². The Kier molecular flexibility index (Phi) is 3.80. The number of nitrogens with one attached hydrogen (secondary N) is 1. The fourth-order valence-electron chi connectivity index (χ4n) is 1.50. The highest BCUT2D eigenvalue weighted by molar-refractivity contribution is 9.10. The normalized spacial score (nSPS) is 10.3. The zero-order chi connectivity index (χ0) is 14.0. The summed E-state index contributed by atoms with van der Waals surface area (Å²) >= 11 is 3.27. The molecule has 1 aromatic carbocycles. The van der Waals surface area contributed by atoms with Gasteiger partial charge in [0.05, 0.1) is 17.6 Å². The first kappa shape index (κ1) is 13.5. The van der Waals surface area contributed by atoms with Crippen LogP contribution in [0.5, 0.6) is 0 Å². The van der Waals surface area contributed by atoms with Gasteiger partial charge in [0.25, 0.3) is 5.91 Å². The number of aromatic nitrogens is 1. The molecule has 0 aliphatic rings. The average molecular weight is 324 g/mol. The molecular weight excluding hydrogens is 313 g/mol. The molecule has 1 heterocycles. The van der Waals surface area contributed by atoms with Crippen LogP contribution in [0.25, 0.3) is 0 Å². The lowest BCUT2D eigenvalue weighted by molar-refractivity contribution is 0.102. The first-order chi connectivity index (χ1) is 8.97. The predicted molar refractivity (Wildman–Crippen MR) is 75.4 cm³/mol. The number of carbonyl (C=O) groups is 1. The zero-order valence-corrected chi connectivity index (χ0v) is 11.7. The Labute approximate surface area is 118 Å². The molecule has 2 rings (SSSR count). The van der Waals surface area contributed by atoms with Gasteiger partial charge in [-0.1, -0.05) is 0 Å². The highest BCUT2D eigenvalue weighted by Crippen LogP contribution is 2.18. The SMILES string of the molecule is Cc1cc(NC(=O)c2ccc(N)c(F)c2)cnc1Br. The number of nitrogens with zero attached hydrogens (tertiary/aromatic N) is 1. The van der Waals surface area contributed by atoms with E-state index in [1.165, 1.54) is 18.3 Å². The molecule has 3 N–H and O–H groups in total. The second kappa shape index (κ2) is 5.36. The van der Waals surface area contributed by atoms with E-state index < -0.39 is 11.7 Å². The minimum Gasteiger partial charge on any atom is -0.396 e. The third-order valence-corrected chi connectivity index (χ3v) is 3.37. The number of nitrogens with two attached hydrogens (primary N) is 1. The molecule has 0 aliphatic carbocycles. The zero-order valence-electron chi connectivity index (χ0n) is 10.1. The van der Waals surface area contributed by atoms with Gasteiger partial charge in [0, 0.05) is 5.56 Å². The van der Waals surface area contributed by atoms with Crippen LogP contribution in [0, 0.1) is 12.7 Å². The fourth-order valence-corrected chi connectivity index (χ4v) is 1.71. The van der Waals surface area contributed by atoms with Crippen LogP contribution >= 0.6 is 15.9 Å². The van der Waals surface area contributed by atoms with Gasteiger partial charge in [-0.05, 0) is 52.7 Å². The number of benzene rings is 1. The van der Waals surface area contributed by atoms with Crippen molar-refractivity contribution in [2.75, 3.05) is 11.1 Å². The van der Waals surface area contributed by atoms with Crippen LogP contribution in [0.15, 0.2) is 35.1 Å². The molecule has 1 aromatic heterocycles. The Hall–Kier alpha value is -1.95. The molecule has 98 valence electrons. The van der Waals surface area contributed by atoms with E-state index in [4.69, 9.17) is 5.73 Å². The molecule has 0 saturated heterocycles. The fraction of sp³-hybridized carbons (Fsp3) is 0.0769. The number of nitrogen functional groups attached to an aromatic ring is 1. The Balaban J connectivity index is 2.20. The number of hydrogen-bond donors (Lipinski definition) is 2. The van der Waals surface area contributed by atoms with Crippen LogP contribution in [0.4, 0.5) is 15.8 Å². The molecule has 2 aromatic rings. The van der Waals surface area contributed by atoms with Crippen molar-refractivity contribution >= 4 is 33.2 Å². The van der Waals surface area contributed by atoms with Crippen molar-refractivity contribution in [3.05, 3.63) is 52.0 Å². The number of aryl methyl sites for hydroxylation is 1. The van der Waals surface area contributed by atoms with Crippen LogP contribution in [0.2, 0.25) is 0 Å². The Morgan fingerprint density at radius 2 is 2.16 bits per heavy atom. The highest BCUT2D eigenvalue weighted by Gasteiger charge is 2.09. The largest absolute Gasteiger partial charge is 0.396 e. The van der Waals surface area contributed by atoms with Crippen LogP contribution < -0.4 is 11.1 Å². The van der Waals surface area contributed by atoms with Crippen LogP contribution in [-0.2, 0) is 0 Å². The number of amides is 1. The van der Waals surface area contributed by atoms with Gasteiger partial charge in [-0.15, -0.1) is 0 Å². The molecule has 0 radical (unpaired) electrons. The molecule has 0 bridgehead atoms. The summed E-state index contributed by atoms with van der Waals surface area (Å²) in [6.07, 6.45) is 1.52. The van der Waals surface area contributed by atoms with E-state index >= 15 is 0 Å². The lowest BCUT2D eigenvalue weighted by Crippen LogP contribution is -2.12. The molecule has 1 amide bonds. The predicted octanol–water partition coefficient (Wildman–Crippen LogP) is 3.13. The van der Waals surface area contributed by atoms with Gasteiger partial charge in [0.15, 0.2) is 0 Å². The van der Waals surface area contributed by atoms with E-state index in [0.717, 1.165) is 11.6 Å². The molecule has 0 spiro atoms. The second-order valence-corrected chi connectivity index (χ2v) is 4.77. The van der Waals surface area contributed by atoms with Crippen molar-refractivity contribution in [1.82, 2.24) is 4.98 Å². The number of rotatable bonds is 2. The molecule has 0 atom stereocenters. The van der Waals surface area contributed by atoms with E-state index in [2.05, 4.69) is 26.2 Å². The van der Waals surface area contributed by atoms with Gasteiger partial charge < -0.3 is 11.1 Å². The number of anilines is 2. The van der Waals surface area contributed by atoms with Crippen molar-refractivity contribution in [1.29, 1.82) is 0 Å². The van der Waals surface area contributed by atoms with Gasteiger partial charge >= 0.3 is 0 Å². The summed E-state index contributed by atoms with van der Waals surface area (Å²) in [5.41, 5.74) is 7.00. The number of pyridine rings is 1. The van der Waals surface area contributed by atoms with Crippen molar-refractivity contribution in [3.63, 3.8) is 0 Å². The lowest BCUT2D eigenvalue weighted by atomic mass is 10.2. The first-order valence-electron chi connectivity index (χ1n) is 5.46. The number of carbonyl (C=O) groups excluding carboxylic acids is 1. The van der Waals surface area contributed by atoms with Crippen LogP contribution in [-0.4, -0.2) is 10.9 Å². The smallest absolute Gasteiger partial charge is 0.255 e. The standard InChI is InChI=1S/C13H11BrFN3O/c1-7-4-9(6-17-12(7)14)18-13(19)8-2-3-11(16)10(15)5-8/h2-6H,16H2,1H3,(H,18,19). The van der Waals surface area contributed by atoms with Gasteiger partial charge in [-0.3, -0.25) is 4.79 Å². The van der Waals surface area contributed by atoms with Crippen molar-refractivity contribution in [3.8, 4) is 0 Å². The topological polar surface area (TPSA) is 68.0 Å². The summed E-state index contributed by atoms with van der Waals surface area (Å²) in [4.78, 5) is 16.0. The minimum atomic E-state index is -0.613. The molecule has 4 nitrogen and oxygen atoms in total. The summed E-state index contributed by atoms with van der Waals surface area (Å²) in [6, 6.07) is 5.69. The Bertz CT molecular complexity index is 646. The molecule has 0 unspecified atom stereocenters. The summed E-state index contributed by atoms with van der Waals surface area (Å²) in [7, 11) is 0. The van der Waals surface area contributed by atoms with Crippen molar-refractivity contribution in [2.45, 2.75) is 6.92 Å². The minimum absolute atomic E-state index is 0.0118. The van der Waals surface area contributed by atoms with E-state index in [9.17, 15) is 9.18 Å². The third kappa shape index (κ3) is 3.08. The van der Waals surface area contributed by atoms with E-state index in [1.807, 2.05) is 6.92 Å². The van der Waals surface area contributed by atoms with E-state index in [0.29, 0.717) is 10.3 Å². The van der Waals surface area contributed by atoms with E-state index in [-0.39, 0.29) is 11.3 Å².